The van der Waals surface area contributed by atoms with Gasteiger partial charge >= 0.3 is 0 Å². The van der Waals surface area contributed by atoms with Crippen LogP contribution in [0.15, 0.2) is 47.6 Å². The second-order valence-electron chi connectivity index (χ2n) is 6.44. The fraction of sp³-hybridized carbons (Fsp3) is 0.400. The summed E-state index contributed by atoms with van der Waals surface area (Å²) in [7, 11) is -3.75. The maximum Gasteiger partial charge on any atom is 0.244 e. The fourth-order valence-electron chi connectivity index (χ4n) is 3.01. The first kappa shape index (κ1) is 20.9. The Bertz CT molecular complexity index is 816. The van der Waals surface area contributed by atoms with Gasteiger partial charge in [0.05, 0.1) is 17.0 Å². The van der Waals surface area contributed by atoms with Crippen LogP contribution in [0.3, 0.4) is 0 Å². The van der Waals surface area contributed by atoms with Crippen molar-refractivity contribution in [2.45, 2.75) is 45.6 Å². The molecular formula is C20H26N2O2S. The van der Waals surface area contributed by atoms with Gasteiger partial charge in [0.2, 0.25) is 10.0 Å². The minimum Gasteiger partial charge on any atom is -0.207 e. The highest BCUT2D eigenvalue weighted by molar-refractivity contribution is 7.89. The van der Waals surface area contributed by atoms with Gasteiger partial charge in [-0.15, -0.1) is 5.73 Å². The van der Waals surface area contributed by atoms with E-state index < -0.39 is 16.1 Å². The van der Waals surface area contributed by atoms with Crippen molar-refractivity contribution in [3.63, 3.8) is 0 Å². The highest BCUT2D eigenvalue weighted by atomic mass is 32.2. The fourth-order valence-corrected chi connectivity index (χ4v) is 5.08. The van der Waals surface area contributed by atoms with Gasteiger partial charge in [0.1, 0.15) is 0 Å². The van der Waals surface area contributed by atoms with Crippen LogP contribution in [0.1, 0.15) is 30.5 Å². The largest absolute Gasteiger partial charge is 0.244 e. The quantitative estimate of drug-likeness (QED) is 0.546. The van der Waals surface area contributed by atoms with Crippen molar-refractivity contribution in [1.82, 2.24) is 4.31 Å². The first-order chi connectivity index (χ1) is 11.7. The van der Waals surface area contributed by atoms with Crippen molar-refractivity contribution >= 4 is 10.0 Å². The monoisotopic (exact) mass is 358 g/mol. The average molecular weight is 359 g/mol. The number of nitriles is 1. The predicted octanol–water partition coefficient (Wildman–Crippen LogP) is 4.05. The summed E-state index contributed by atoms with van der Waals surface area (Å²) < 4.78 is 28.3. The van der Waals surface area contributed by atoms with Crippen molar-refractivity contribution < 1.29 is 8.42 Å². The Labute approximate surface area is 151 Å². The molecule has 0 heterocycles. The standard InChI is InChI=1S/C20H26N2O2S/c1-7-10-19(15(2)3)22(12-9-8-11-21)25(23,24)20-17(5)13-16(4)14-18(20)6/h8-10,13-15,19H,1,12H2,2-6H3/b9-8+/t19-/m1/s1. The van der Waals surface area contributed by atoms with Crippen molar-refractivity contribution in [2.24, 2.45) is 5.92 Å². The number of rotatable bonds is 7. The van der Waals surface area contributed by atoms with E-state index in [1.165, 1.54) is 10.4 Å². The Kier molecular flexibility index (Phi) is 7.38. The van der Waals surface area contributed by atoms with Gasteiger partial charge in [-0.05, 0) is 43.9 Å². The molecule has 0 aromatic heterocycles. The molecule has 0 amide bonds. The topological polar surface area (TPSA) is 61.2 Å². The SMILES string of the molecule is C=C=C[C@H](C(C)C)N(C/C=C/C#N)S(=O)(=O)c1c(C)cc(C)cc1C. The molecular weight excluding hydrogens is 332 g/mol. The molecule has 1 aromatic rings. The molecule has 134 valence electrons. The number of hydrogen-bond acceptors (Lipinski definition) is 3. The molecule has 0 fully saturated rings. The van der Waals surface area contributed by atoms with E-state index in [4.69, 9.17) is 5.26 Å². The van der Waals surface area contributed by atoms with Crippen molar-refractivity contribution in [2.75, 3.05) is 6.54 Å². The molecule has 0 spiro atoms. The Morgan fingerprint density at radius 3 is 2.24 bits per heavy atom. The van der Waals surface area contributed by atoms with Crippen molar-refractivity contribution in [3.8, 4) is 6.07 Å². The molecule has 4 nitrogen and oxygen atoms in total. The molecule has 0 saturated carbocycles. The number of allylic oxidation sites excluding steroid dienone is 1. The van der Waals surface area contributed by atoms with E-state index in [1.54, 1.807) is 12.2 Å². The minimum atomic E-state index is -3.75. The third kappa shape index (κ3) is 4.93. The second kappa shape index (κ2) is 8.82. The first-order valence-corrected chi connectivity index (χ1v) is 9.61. The highest BCUT2D eigenvalue weighted by Crippen LogP contribution is 2.28. The van der Waals surface area contributed by atoms with Gasteiger partial charge in [0.25, 0.3) is 0 Å². The number of nitrogens with zero attached hydrogens (tertiary/aromatic N) is 2. The lowest BCUT2D eigenvalue weighted by molar-refractivity contribution is 0.324. The number of hydrogen-bond donors (Lipinski definition) is 0. The van der Waals surface area contributed by atoms with Gasteiger partial charge < -0.3 is 0 Å². The van der Waals surface area contributed by atoms with Crippen LogP contribution in [-0.2, 0) is 10.0 Å². The molecule has 0 aliphatic rings. The number of benzene rings is 1. The van der Waals surface area contributed by atoms with Crippen LogP contribution < -0.4 is 0 Å². The summed E-state index contributed by atoms with van der Waals surface area (Å²) in [6.07, 6.45) is 4.52. The minimum absolute atomic E-state index is 0.0329. The summed E-state index contributed by atoms with van der Waals surface area (Å²) in [5, 5.41) is 8.73. The zero-order valence-electron chi connectivity index (χ0n) is 15.6. The normalized spacial score (nSPS) is 13.0. The molecule has 0 N–H and O–H groups in total. The Morgan fingerprint density at radius 2 is 1.80 bits per heavy atom. The van der Waals surface area contributed by atoms with Crippen LogP contribution in [-0.4, -0.2) is 25.3 Å². The van der Waals surface area contributed by atoms with Crippen LogP contribution in [0.4, 0.5) is 0 Å². The zero-order valence-corrected chi connectivity index (χ0v) is 16.4. The second-order valence-corrected chi connectivity index (χ2v) is 8.27. The number of sulfonamides is 1. The van der Waals surface area contributed by atoms with Crippen LogP contribution >= 0.6 is 0 Å². The summed E-state index contributed by atoms with van der Waals surface area (Å²) in [4.78, 5) is 0.326. The molecule has 0 radical (unpaired) electrons. The lowest BCUT2D eigenvalue weighted by atomic mass is 10.0. The van der Waals surface area contributed by atoms with Gasteiger partial charge in [-0.1, -0.05) is 44.2 Å². The van der Waals surface area contributed by atoms with E-state index in [0.717, 1.165) is 16.7 Å². The van der Waals surface area contributed by atoms with Gasteiger partial charge in [0.15, 0.2) is 0 Å². The van der Waals surface area contributed by atoms with Crippen molar-refractivity contribution in [1.29, 1.82) is 5.26 Å². The molecule has 5 heteroatoms. The molecule has 0 unspecified atom stereocenters. The Morgan fingerprint density at radius 1 is 1.24 bits per heavy atom. The predicted molar refractivity (Wildman–Crippen MR) is 102 cm³/mol. The lowest BCUT2D eigenvalue weighted by Gasteiger charge is -2.31. The van der Waals surface area contributed by atoms with E-state index in [0.29, 0.717) is 4.90 Å². The van der Waals surface area contributed by atoms with Crippen molar-refractivity contribution in [3.05, 3.63) is 59.4 Å². The molecule has 0 aliphatic heterocycles. The summed E-state index contributed by atoms with van der Waals surface area (Å²) in [6.45, 7) is 13.2. The molecule has 0 bridgehead atoms. The number of aryl methyl sites for hydroxylation is 3. The van der Waals surface area contributed by atoms with E-state index >= 15 is 0 Å². The van der Waals surface area contributed by atoms with Gasteiger partial charge in [0, 0.05) is 12.6 Å². The van der Waals surface area contributed by atoms with Crippen LogP contribution in [0.5, 0.6) is 0 Å². The summed E-state index contributed by atoms with van der Waals surface area (Å²) >= 11 is 0. The smallest absolute Gasteiger partial charge is 0.207 e. The molecule has 1 aromatic carbocycles. The summed E-state index contributed by atoms with van der Waals surface area (Å²) in [5.74, 6) is 0.0329. The van der Waals surface area contributed by atoms with Gasteiger partial charge in [-0.2, -0.15) is 9.57 Å². The maximum absolute atomic E-state index is 13.4. The molecule has 25 heavy (non-hydrogen) atoms. The molecule has 0 saturated heterocycles. The first-order valence-electron chi connectivity index (χ1n) is 8.17. The third-order valence-electron chi connectivity index (χ3n) is 3.95. The maximum atomic E-state index is 13.4. The summed E-state index contributed by atoms with van der Waals surface area (Å²) in [5.41, 5.74) is 5.17. The average Bonchev–Trinajstić information content (AvgIpc) is 2.48. The van der Waals surface area contributed by atoms with E-state index in [9.17, 15) is 8.42 Å². The van der Waals surface area contributed by atoms with Crippen LogP contribution in [0.2, 0.25) is 0 Å². The van der Waals surface area contributed by atoms with E-state index in [-0.39, 0.29) is 12.5 Å². The lowest BCUT2D eigenvalue weighted by Crippen LogP contribution is -2.42. The van der Waals surface area contributed by atoms with E-state index in [1.807, 2.05) is 52.8 Å². The molecule has 0 aliphatic carbocycles. The third-order valence-corrected chi connectivity index (χ3v) is 6.12. The zero-order chi connectivity index (χ0) is 19.2. The Hall–Kier alpha value is -2.12. The van der Waals surface area contributed by atoms with Crippen LogP contribution in [0.25, 0.3) is 0 Å². The molecule has 1 atom stereocenters. The van der Waals surface area contributed by atoms with Gasteiger partial charge in [-0.3, -0.25) is 0 Å². The Balaban J connectivity index is 3.59. The van der Waals surface area contributed by atoms with E-state index in [2.05, 4.69) is 12.3 Å². The molecule has 1 rings (SSSR count). The highest BCUT2D eigenvalue weighted by Gasteiger charge is 2.33. The van der Waals surface area contributed by atoms with Gasteiger partial charge in [-0.25, -0.2) is 8.42 Å². The summed E-state index contributed by atoms with van der Waals surface area (Å²) in [6, 6.07) is 5.25. The van der Waals surface area contributed by atoms with Crippen LogP contribution in [0, 0.1) is 38.0 Å².